The number of anilines is 2. The molecule has 0 bridgehead atoms. The Morgan fingerprint density at radius 1 is 1.18 bits per heavy atom. The Labute approximate surface area is 202 Å². The fourth-order valence-electron chi connectivity index (χ4n) is 3.34. The zero-order valence-corrected chi connectivity index (χ0v) is 20.5. The lowest BCUT2D eigenvalue weighted by Crippen LogP contribution is -2.31. The van der Waals surface area contributed by atoms with Gasteiger partial charge in [0.15, 0.2) is 0 Å². The molecular weight excluding hydrogens is 476 g/mol. The standard InChI is InChI=1S/C22H22N6O4S2/c1-5-15-26-27-22(33-15)25-18(29)12(3)28-10-23-20-16(21(28)31)11(2)17(34-20)19(30)24-13-8-6-7-9-14(13)32-4/h6-10,12H,5H2,1-4H3,(H,24,30)(H,25,27,29). The van der Waals surface area contributed by atoms with E-state index in [1.54, 1.807) is 38.1 Å². The minimum atomic E-state index is -0.844. The third-order valence-electron chi connectivity index (χ3n) is 5.23. The maximum absolute atomic E-state index is 13.3. The number of hydrogen-bond acceptors (Lipinski definition) is 9. The molecule has 3 aromatic heterocycles. The summed E-state index contributed by atoms with van der Waals surface area (Å²) in [5.74, 6) is -0.259. The van der Waals surface area contributed by atoms with Crippen LogP contribution in [-0.4, -0.2) is 38.7 Å². The molecule has 0 fully saturated rings. The Balaban J connectivity index is 1.62. The molecule has 4 rings (SSSR count). The lowest BCUT2D eigenvalue weighted by atomic mass is 10.2. The fourth-order valence-corrected chi connectivity index (χ4v) is 5.06. The van der Waals surface area contributed by atoms with E-state index in [1.165, 1.54) is 29.3 Å². The minimum absolute atomic E-state index is 0.307. The van der Waals surface area contributed by atoms with E-state index in [0.717, 1.165) is 16.3 Å². The zero-order valence-electron chi connectivity index (χ0n) is 18.9. The number of aryl methyl sites for hydroxylation is 2. The summed E-state index contributed by atoms with van der Waals surface area (Å²) >= 11 is 2.40. The van der Waals surface area contributed by atoms with Crippen molar-refractivity contribution in [2.75, 3.05) is 17.7 Å². The topological polar surface area (TPSA) is 128 Å². The Bertz CT molecular complexity index is 1440. The quantitative estimate of drug-likeness (QED) is 0.398. The summed E-state index contributed by atoms with van der Waals surface area (Å²) in [4.78, 5) is 44.1. The van der Waals surface area contributed by atoms with Crippen LogP contribution in [0, 0.1) is 6.92 Å². The molecule has 0 aliphatic rings. The van der Waals surface area contributed by atoms with Crippen LogP contribution in [-0.2, 0) is 11.2 Å². The van der Waals surface area contributed by atoms with Gasteiger partial charge in [0, 0.05) is 0 Å². The highest BCUT2D eigenvalue weighted by molar-refractivity contribution is 7.20. The largest absolute Gasteiger partial charge is 0.495 e. The average Bonchev–Trinajstić information content (AvgIpc) is 3.43. The monoisotopic (exact) mass is 498 g/mol. The van der Waals surface area contributed by atoms with E-state index in [1.807, 2.05) is 6.92 Å². The van der Waals surface area contributed by atoms with Crippen LogP contribution in [0.25, 0.3) is 10.2 Å². The molecule has 2 N–H and O–H groups in total. The van der Waals surface area contributed by atoms with Crippen LogP contribution in [0.4, 0.5) is 10.8 Å². The second kappa shape index (κ2) is 9.69. The maximum atomic E-state index is 13.3. The van der Waals surface area contributed by atoms with Crippen LogP contribution in [0.3, 0.4) is 0 Å². The first kappa shape index (κ1) is 23.5. The van der Waals surface area contributed by atoms with E-state index in [2.05, 4.69) is 25.8 Å². The van der Waals surface area contributed by atoms with Gasteiger partial charge in [-0.15, -0.1) is 21.5 Å². The predicted octanol–water partition coefficient (Wildman–Crippen LogP) is 3.64. The smallest absolute Gasteiger partial charge is 0.266 e. The Morgan fingerprint density at radius 2 is 1.94 bits per heavy atom. The van der Waals surface area contributed by atoms with Crippen molar-refractivity contribution in [1.82, 2.24) is 19.7 Å². The number of hydrogen-bond donors (Lipinski definition) is 2. The highest BCUT2D eigenvalue weighted by Gasteiger charge is 2.24. The van der Waals surface area contributed by atoms with Crippen LogP contribution < -0.4 is 20.9 Å². The summed E-state index contributed by atoms with van der Waals surface area (Å²) in [6, 6.07) is 6.21. The number of benzene rings is 1. The fraction of sp³-hybridized carbons (Fsp3) is 0.273. The number of carbonyl (C=O) groups is 2. The van der Waals surface area contributed by atoms with Crippen LogP contribution in [0.2, 0.25) is 0 Å². The molecule has 1 unspecified atom stereocenters. The predicted molar refractivity (Wildman–Crippen MR) is 132 cm³/mol. The molecule has 1 aromatic carbocycles. The van der Waals surface area contributed by atoms with E-state index in [9.17, 15) is 14.4 Å². The van der Waals surface area contributed by atoms with Crippen molar-refractivity contribution in [3.05, 3.63) is 56.4 Å². The normalized spacial score (nSPS) is 11.9. The van der Waals surface area contributed by atoms with Crippen molar-refractivity contribution in [1.29, 1.82) is 0 Å². The average molecular weight is 499 g/mol. The second-order valence-electron chi connectivity index (χ2n) is 7.37. The second-order valence-corrected chi connectivity index (χ2v) is 9.43. The van der Waals surface area contributed by atoms with Gasteiger partial charge in [-0.3, -0.25) is 24.3 Å². The van der Waals surface area contributed by atoms with Crippen molar-refractivity contribution < 1.29 is 14.3 Å². The molecule has 34 heavy (non-hydrogen) atoms. The number of rotatable bonds is 7. The molecule has 10 nitrogen and oxygen atoms in total. The molecule has 3 heterocycles. The number of nitrogens with one attached hydrogen (secondary N) is 2. The van der Waals surface area contributed by atoms with Crippen LogP contribution in [0.15, 0.2) is 35.4 Å². The van der Waals surface area contributed by atoms with Crippen molar-refractivity contribution in [2.24, 2.45) is 0 Å². The van der Waals surface area contributed by atoms with Gasteiger partial charge in [-0.2, -0.15) is 0 Å². The minimum Gasteiger partial charge on any atom is -0.495 e. The van der Waals surface area contributed by atoms with Gasteiger partial charge in [-0.1, -0.05) is 30.4 Å². The molecule has 2 amide bonds. The highest BCUT2D eigenvalue weighted by Crippen LogP contribution is 2.30. The molecule has 0 aliphatic carbocycles. The molecule has 0 radical (unpaired) electrons. The van der Waals surface area contributed by atoms with Crippen molar-refractivity contribution in [3.8, 4) is 5.75 Å². The van der Waals surface area contributed by atoms with E-state index in [4.69, 9.17) is 4.74 Å². The summed E-state index contributed by atoms with van der Waals surface area (Å²) in [5, 5.41) is 14.9. The Kier molecular flexibility index (Phi) is 6.70. The van der Waals surface area contributed by atoms with Crippen LogP contribution in [0.1, 0.15) is 40.1 Å². The molecule has 0 spiro atoms. The van der Waals surface area contributed by atoms with Gasteiger partial charge in [-0.05, 0) is 38.0 Å². The first-order valence-electron chi connectivity index (χ1n) is 10.4. The number of carbonyl (C=O) groups excluding carboxylic acids is 2. The molecule has 4 aromatic rings. The van der Waals surface area contributed by atoms with E-state index in [-0.39, 0.29) is 5.91 Å². The number of methoxy groups -OCH3 is 1. The zero-order chi connectivity index (χ0) is 24.4. The SMILES string of the molecule is CCc1nnc(NC(=O)C(C)n2cnc3sc(C(=O)Nc4ccccc4OC)c(C)c3c2=O)s1. The van der Waals surface area contributed by atoms with Crippen molar-refractivity contribution in [2.45, 2.75) is 33.2 Å². The van der Waals surface area contributed by atoms with E-state index < -0.39 is 17.5 Å². The number of thiophene rings is 1. The third-order valence-corrected chi connectivity index (χ3v) is 7.42. The molecule has 0 saturated carbocycles. The lowest BCUT2D eigenvalue weighted by molar-refractivity contribution is -0.118. The van der Waals surface area contributed by atoms with Gasteiger partial charge >= 0.3 is 0 Å². The highest BCUT2D eigenvalue weighted by atomic mass is 32.1. The first-order chi connectivity index (χ1) is 16.3. The molecule has 1 atom stereocenters. The first-order valence-corrected chi connectivity index (χ1v) is 12.0. The van der Waals surface area contributed by atoms with E-state index >= 15 is 0 Å². The van der Waals surface area contributed by atoms with Gasteiger partial charge in [0.2, 0.25) is 11.0 Å². The maximum Gasteiger partial charge on any atom is 0.266 e. The summed E-state index contributed by atoms with van der Waals surface area (Å²) in [5.41, 5.74) is 0.623. The van der Waals surface area contributed by atoms with E-state index in [0.29, 0.717) is 43.6 Å². The number of amides is 2. The Hall–Kier alpha value is -3.64. The molecule has 12 heteroatoms. The number of aromatic nitrogens is 4. The third kappa shape index (κ3) is 4.41. The van der Waals surface area contributed by atoms with Gasteiger partial charge in [0.05, 0.1) is 29.4 Å². The lowest BCUT2D eigenvalue weighted by Gasteiger charge is -2.13. The van der Waals surface area contributed by atoms with Crippen molar-refractivity contribution >= 4 is 55.5 Å². The van der Waals surface area contributed by atoms with Gasteiger partial charge in [0.1, 0.15) is 21.6 Å². The summed E-state index contributed by atoms with van der Waals surface area (Å²) in [7, 11) is 1.52. The molecule has 0 saturated heterocycles. The summed E-state index contributed by atoms with van der Waals surface area (Å²) in [6.07, 6.45) is 2.04. The van der Waals surface area contributed by atoms with Gasteiger partial charge in [0.25, 0.3) is 11.5 Å². The van der Waals surface area contributed by atoms with Crippen molar-refractivity contribution in [3.63, 3.8) is 0 Å². The number of para-hydroxylation sites is 2. The van der Waals surface area contributed by atoms with Crippen LogP contribution in [0.5, 0.6) is 5.75 Å². The summed E-state index contributed by atoms with van der Waals surface area (Å²) < 4.78 is 6.53. The summed E-state index contributed by atoms with van der Waals surface area (Å²) in [6.45, 7) is 5.24. The van der Waals surface area contributed by atoms with Gasteiger partial charge in [-0.25, -0.2) is 4.98 Å². The molecule has 0 aliphatic heterocycles. The Morgan fingerprint density at radius 3 is 2.65 bits per heavy atom. The van der Waals surface area contributed by atoms with Crippen LogP contribution >= 0.6 is 22.7 Å². The number of fused-ring (bicyclic) bond motifs is 1. The molecular formula is C22H22N6O4S2. The van der Waals surface area contributed by atoms with Gasteiger partial charge < -0.3 is 10.1 Å². The molecule has 176 valence electrons. The number of nitrogens with zero attached hydrogens (tertiary/aromatic N) is 4. The number of ether oxygens (including phenoxy) is 1.